The van der Waals surface area contributed by atoms with E-state index in [4.69, 9.17) is 0 Å². The van der Waals surface area contributed by atoms with Crippen LogP contribution in [0.4, 0.5) is 0 Å². The highest BCUT2D eigenvalue weighted by molar-refractivity contribution is 5.85. The minimum Gasteiger partial charge on any atom is -0.395 e. The third-order valence-electron chi connectivity index (χ3n) is 3.49. The molecule has 0 spiro atoms. The second-order valence-corrected chi connectivity index (χ2v) is 4.55. The molecule has 0 fully saturated rings. The van der Waals surface area contributed by atoms with Crippen LogP contribution in [-0.2, 0) is 6.42 Å². The average Bonchev–Trinajstić information content (AvgIpc) is 2.76. The summed E-state index contributed by atoms with van der Waals surface area (Å²) < 4.78 is 0. The molecule has 1 aliphatic rings. The number of hydrogen-bond acceptors (Lipinski definition) is 3. The Morgan fingerprint density at radius 3 is 2.76 bits per heavy atom. The van der Waals surface area contributed by atoms with Crippen molar-refractivity contribution in [3.63, 3.8) is 0 Å². The SMILES string of the molecule is OC[C@@H]1Cc2c([nH]c3ccccc23)[C@H](CO)N1. The fourth-order valence-electron chi connectivity index (χ4n) is 2.67. The van der Waals surface area contributed by atoms with Crippen LogP contribution >= 0.6 is 0 Å². The van der Waals surface area contributed by atoms with Crippen molar-refractivity contribution in [2.45, 2.75) is 18.5 Å². The summed E-state index contributed by atoms with van der Waals surface area (Å²) in [5, 5.41) is 23.1. The molecule has 0 bridgehead atoms. The third-order valence-corrected chi connectivity index (χ3v) is 3.49. The fraction of sp³-hybridized carbons (Fsp3) is 0.385. The first-order valence-corrected chi connectivity index (χ1v) is 5.90. The Bertz CT molecular complexity index is 535. The number of fused-ring (bicyclic) bond motifs is 3. The molecule has 1 aliphatic heterocycles. The van der Waals surface area contributed by atoms with Crippen molar-refractivity contribution in [1.29, 1.82) is 0 Å². The number of aromatic nitrogens is 1. The van der Waals surface area contributed by atoms with Crippen LogP contribution in [0.1, 0.15) is 17.3 Å². The van der Waals surface area contributed by atoms with Gasteiger partial charge in [0.15, 0.2) is 0 Å². The van der Waals surface area contributed by atoms with Crippen molar-refractivity contribution in [3.05, 3.63) is 35.5 Å². The molecular weight excluding hydrogens is 216 g/mol. The Hall–Kier alpha value is -1.36. The number of aliphatic hydroxyl groups excluding tert-OH is 2. The second kappa shape index (κ2) is 4.14. The van der Waals surface area contributed by atoms with Crippen LogP contribution in [0, 0.1) is 0 Å². The molecule has 0 aliphatic carbocycles. The van der Waals surface area contributed by atoms with Crippen LogP contribution in [0.15, 0.2) is 24.3 Å². The first-order chi connectivity index (χ1) is 8.33. The number of para-hydroxylation sites is 1. The Morgan fingerprint density at radius 1 is 1.18 bits per heavy atom. The van der Waals surface area contributed by atoms with Gasteiger partial charge in [-0.3, -0.25) is 0 Å². The summed E-state index contributed by atoms with van der Waals surface area (Å²) in [5.41, 5.74) is 3.37. The molecule has 1 aromatic carbocycles. The molecule has 0 amide bonds. The Balaban J connectivity index is 2.15. The molecule has 4 heteroatoms. The minimum atomic E-state index is -0.108. The zero-order valence-electron chi connectivity index (χ0n) is 9.48. The minimum absolute atomic E-state index is 0.0267. The Kier molecular flexibility index (Phi) is 2.63. The molecule has 90 valence electrons. The van der Waals surface area contributed by atoms with E-state index in [0.29, 0.717) is 0 Å². The molecule has 17 heavy (non-hydrogen) atoms. The lowest BCUT2D eigenvalue weighted by Crippen LogP contribution is -2.43. The van der Waals surface area contributed by atoms with E-state index in [2.05, 4.69) is 16.4 Å². The van der Waals surface area contributed by atoms with Gasteiger partial charge >= 0.3 is 0 Å². The van der Waals surface area contributed by atoms with Gasteiger partial charge in [0, 0.05) is 22.6 Å². The molecule has 0 radical (unpaired) electrons. The number of nitrogens with one attached hydrogen (secondary N) is 2. The molecule has 4 N–H and O–H groups in total. The van der Waals surface area contributed by atoms with Gasteiger partial charge in [-0.15, -0.1) is 0 Å². The largest absolute Gasteiger partial charge is 0.395 e. The van der Waals surface area contributed by atoms with Crippen molar-refractivity contribution < 1.29 is 10.2 Å². The monoisotopic (exact) mass is 232 g/mol. The molecule has 0 saturated carbocycles. The highest BCUT2D eigenvalue weighted by Crippen LogP contribution is 2.31. The number of H-pyrrole nitrogens is 1. The van der Waals surface area contributed by atoms with Crippen LogP contribution in [0.25, 0.3) is 10.9 Å². The van der Waals surface area contributed by atoms with Gasteiger partial charge in [-0.05, 0) is 18.1 Å². The van der Waals surface area contributed by atoms with Crippen molar-refractivity contribution in [3.8, 4) is 0 Å². The van der Waals surface area contributed by atoms with E-state index >= 15 is 0 Å². The van der Waals surface area contributed by atoms with Crippen molar-refractivity contribution in [1.82, 2.24) is 10.3 Å². The van der Waals surface area contributed by atoms with Gasteiger partial charge in [-0.2, -0.15) is 0 Å². The van der Waals surface area contributed by atoms with Gasteiger partial charge in [0.25, 0.3) is 0 Å². The van der Waals surface area contributed by atoms with Gasteiger partial charge in [-0.25, -0.2) is 0 Å². The van der Waals surface area contributed by atoms with Crippen LogP contribution in [0.2, 0.25) is 0 Å². The molecule has 3 rings (SSSR count). The van der Waals surface area contributed by atoms with E-state index in [0.717, 1.165) is 17.6 Å². The van der Waals surface area contributed by atoms with Crippen molar-refractivity contribution >= 4 is 10.9 Å². The van der Waals surface area contributed by atoms with Crippen molar-refractivity contribution in [2.75, 3.05) is 13.2 Å². The first-order valence-electron chi connectivity index (χ1n) is 5.90. The smallest absolute Gasteiger partial charge is 0.0713 e. The highest BCUT2D eigenvalue weighted by atomic mass is 16.3. The van der Waals surface area contributed by atoms with E-state index in [1.807, 2.05) is 18.2 Å². The molecule has 4 nitrogen and oxygen atoms in total. The average molecular weight is 232 g/mol. The third kappa shape index (κ3) is 1.65. The standard InChI is InChI=1S/C13H16N2O2/c16-6-8-5-10-9-3-1-2-4-11(9)15-13(10)12(7-17)14-8/h1-4,8,12,14-17H,5-7H2/t8-,12-/m0/s1. The number of rotatable bonds is 2. The van der Waals surface area contributed by atoms with Crippen LogP contribution in [0.5, 0.6) is 0 Å². The van der Waals surface area contributed by atoms with Crippen molar-refractivity contribution in [2.24, 2.45) is 0 Å². The number of benzene rings is 1. The maximum Gasteiger partial charge on any atom is 0.0713 e. The van der Waals surface area contributed by atoms with Gasteiger partial charge in [0.05, 0.1) is 19.3 Å². The van der Waals surface area contributed by atoms with E-state index in [-0.39, 0.29) is 25.3 Å². The zero-order valence-corrected chi connectivity index (χ0v) is 9.48. The van der Waals surface area contributed by atoms with Gasteiger partial charge in [-0.1, -0.05) is 18.2 Å². The molecule has 2 atom stereocenters. The zero-order chi connectivity index (χ0) is 11.8. The molecular formula is C13H16N2O2. The first kappa shape index (κ1) is 10.8. The van der Waals surface area contributed by atoms with Crippen LogP contribution in [0.3, 0.4) is 0 Å². The summed E-state index contributed by atoms with van der Waals surface area (Å²) in [7, 11) is 0. The second-order valence-electron chi connectivity index (χ2n) is 4.55. The van der Waals surface area contributed by atoms with Gasteiger partial charge in [0.2, 0.25) is 0 Å². The Morgan fingerprint density at radius 2 is 2.00 bits per heavy atom. The number of aliphatic hydroxyl groups is 2. The van der Waals surface area contributed by atoms with Gasteiger partial charge in [0.1, 0.15) is 0 Å². The summed E-state index contributed by atoms with van der Waals surface area (Å²) >= 11 is 0. The molecule has 0 unspecified atom stereocenters. The normalized spacial score (nSPS) is 23.9. The van der Waals surface area contributed by atoms with E-state index in [9.17, 15) is 10.2 Å². The summed E-state index contributed by atoms with van der Waals surface area (Å²) in [5.74, 6) is 0. The topological polar surface area (TPSA) is 68.3 Å². The highest BCUT2D eigenvalue weighted by Gasteiger charge is 2.28. The van der Waals surface area contributed by atoms with E-state index < -0.39 is 0 Å². The van der Waals surface area contributed by atoms with Gasteiger partial charge < -0.3 is 20.5 Å². The van der Waals surface area contributed by atoms with E-state index in [1.165, 1.54) is 10.9 Å². The molecule has 2 heterocycles. The lowest BCUT2D eigenvalue weighted by atomic mass is 9.94. The molecule has 0 saturated heterocycles. The molecule has 2 aromatic rings. The predicted molar refractivity (Wildman–Crippen MR) is 65.8 cm³/mol. The maximum absolute atomic E-state index is 9.41. The summed E-state index contributed by atoms with van der Waals surface area (Å²) in [6.07, 6.45) is 0.798. The number of aromatic amines is 1. The molecule has 1 aromatic heterocycles. The lowest BCUT2D eigenvalue weighted by Gasteiger charge is -2.29. The fourth-order valence-corrected chi connectivity index (χ4v) is 2.67. The summed E-state index contributed by atoms with van der Waals surface area (Å²) in [4.78, 5) is 3.36. The maximum atomic E-state index is 9.41. The summed E-state index contributed by atoms with van der Waals surface area (Å²) in [6, 6.07) is 8.05. The van der Waals surface area contributed by atoms with E-state index in [1.54, 1.807) is 0 Å². The predicted octanol–water partition coefficient (Wildman–Crippen LogP) is 0.708. The quantitative estimate of drug-likeness (QED) is 0.616. The van der Waals surface area contributed by atoms with Crippen LogP contribution in [-0.4, -0.2) is 34.5 Å². The van der Waals surface area contributed by atoms with Crippen LogP contribution < -0.4 is 5.32 Å². The summed E-state index contributed by atoms with van der Waals surface area (Å²) in [6.45, 7) is 0.131. The Labute approximate surface area is 99.3 Å². The number of hydrogen-bond donors (Lipinski definition) is 4. The lowest BCUT2D eigenvalue weighted by molar-refractivity contribution is 0.183.